The number of dihydropyridines is 1. The minimum Gasteiger partial charge on any atom is -0.465 e. The molecule has 0 fully saturated rings. The van der Waals surface area contributed by atoms with Crippen molar-refractivity contribution in [3.05, 3.63) is 61.8 Å². The molecule has 146 valence electrons. The van der Waals surface area contributed by atoms with Gasteiger partial charge >= 0.3 is 5.97 Å². The molecule has 1 N–H and O–H groups in total. The average Bonchev–Trinajstić information content (AvgIpc) is 2.65. The van der Waals surface area contributed by atoms with Crippen molar-refractivity contribution in [3.63, 3.8) is 0 Å². The van der Waals surface area contributed by atoms with Gasteiger partial charge in [-0.05, 0) is 20.8 Å². The van der Waals surface area contributed by atoms with Gasteiger partial charge in [-0.1, -0.05) is 30.0 Å². The number of nitrogens with zero attached hydrogens (tertiary/aromatic N) is 2. The molecule has 0 radical (unpaired) electrons. The Hall–Kier alpha value is -3.12. The Morgan fingerprint density at radius 3 is 2.64 bits per heavy atom. The Bertz CT molecular complexity index is 930. The van der Waals surface area contributed by atoms with Gasteiger partial charge in [-0.15, -0.1) is 0 Å². The number of carbonyl (C=O) groups is 2. The van der Waals surface area contributed by atoms with E-state index in [1.165, 1.54) is 25.1 Å². The number of ketones is 1. The van der Waals surface area contributed by atoms with Gasteiger partial charge in [-0.3, -0.25) is 19.7 Å². The van der Waals surface area contributed by atoms with E-state index in [1.54, 1.807) is 19.9 Å². The summed E-state index contributed by atoms with van der Waals surface area (Å²) >= 11 is 1.06. The second kappa shape index (κ2) is 9.19. The number of carbonyl (C=O) groups excluding carboxylic acids is 2. The summed E-state index contributed by atoms with van der Waals surface area (Å²) in [7, 11) is 0. The summed E-state index contributed by atoms with van der Waals surface area (Å²) in [5, 5.41) is 24.7. The second-order valence-electron chi connectivity index (χ2n) is 5.92. The van der Waals surface area contributed by atoms with E-state index < -0.39 is 16.8 Å². The molecule has 1 aliphatic heterocycles. The number of ether oxygens (including phenoxy) is 1. The number of nitriles is 1. The van der Waals surface area contributed by atoms with Crippen molar-refractivity contribution in [1.29, 1.82) is 5.26 Å². The first-order chi connectivity index (χ1) is 13.3. The Morgan fingerprint density at radius 1 is 1.39 bits per heavy atom. The van der Waals surface area contributed by atoms with Crippen LogP contribution in [-0.2, 0) is 14.3 Å². The minimum absolute atomic E-state index is 0.0341. The number of esters is 1. The highest BCUT2D eigenvalue weighted by Crippen LogP contribution is 2.43. The van der Waals surface area contributed by atoms with E-state index in [4.69, 9.17) is 4.74 Å². The zero-order valence-corrected chi connectivity index (χ0v) is 16.5. The lowest BCUT2D eigenvalue weighted by atomic mass is 9.80. The van der Waals surface area contributed by atoms with Gasteiger partial charge in [0.1, 0.15) is 0 Å². The molecule has 0 spiro atoms. The van der Waals surface area contributed by atoms with E-state index in [9.17, 15) is 25.0 Å². The fourth-order valence-corrected chi connectivity index (χ4v) is 3.93. The molecule has 1 atom stereocenters. The van der Waals surface area contributed by atoms with E-state index in [2.05, 4.69) is 11.4 Å². The van der Waals surface area contributed by atoms with Crippen molar-refractivity contribution in [3.8, 4) is 6.07 Å². The molecule has 1 heterocycles. The van der Waals surface area contributed by atoms with Crippen molar-refractivity contribution in [1.82, 2.24) is 5.32 Å². The summed E-state index contributed by atoms with van der Waals surface area (Å²) < 4.78 is 4.90. The van der Waals surface area contributed by atoms with Crippen LogP contribution in [0.25, 0.3) is 0 Å². The summed E-state index contributed by atoms with van der Waals surface area (Å²) in [6.45, 7) is 4.95. The highest BCUT2D eigenvalue weighted by Gasteiger charge is 2.36. The standard InChI is InChI=1S/C19H19N3O5S/c1-4-27-16(24)10-28-19-14(9-20)18(17(12(3)23)11(2)21-19)13-7-5-6-8-15(13)22(25)26/h5-8,18,21H,4,10H2,1-3H3/t18-/m1/s1. The molecular formula is C19H19N3O5S. The first-order valence-corrected chi connectivity index (χ1v) is 9.45. The normalized spacial score (nSPS) is 16.3. The molecule has 0 amide bonds. The minimum atomic E-state index is -0.893. The number of para-hydroxylation sites is 1. The number of nitro benzene ring substituents is 1. The third-order valence-electron chi connectivity index (χ3n) is 4.11. The van der Waals surface area contributed by atoms with E-state index in [0.29, 0.717) is 10.7 Å². The molecule has 9 heteroatoms. The number of rotatable bonds is 7. The molecule has 8 nitrogen and oxygen atoms in total. The molecule has 0 aliphatic carbocycles. The van der Waals surface area contributed by atoms with Crippen LogP contribution in [0, 0.1) is 21.4 Å². The van der Waals surface area contributed by atoms with Crippen LogP contribution in [0.3, 0.4) is 0 Å². The van der Waals surface area contributed by atoms with E-state index in [-0.39, 0.29) is 40.5 Å². The van der Waals surface area contributed by atoms with Crippen molar-refractivity contribution in [2.24, 2.45) is 0 Å². The predicted octanol–water partition coefficient (Wildman–Crippen LogP) is 3.18. The SMILES string of the molecule is CCOC(=O)CSC1=C(C#N)[C@@H](c2ccccc2[N+](=O)[O-])C(C(C)=O)=C(C)N1. The van der Waals surface area contributed by atoms with Gasteiger partial charge in [0.2, 0.25) is 0 Å². The first-order valence-electron chi connectivity index (χ1n) is 8.46. The zero-order chi connectivity index (χ0) is 20.8. The van der Waals surface area contributed by atoms with Gasteiger partial charge in [0.05, 0.1) is 39.9 Å². The summed E-state index contributed by atoms with van der Waals surface area (Å²) in [4.78, 5) is 35.0. The number of hydrogen-bond acceptors (Lipinski definition) is 8. The molecule has 0 aromatic heterocycles. The largest absolute Gasteiger partial charge is 0.465 e. The lowest BCUT2D eigenvalue weighted by molar-refractivity contribution is -0.385. The molecular weight excluding hydrogens is 382 g/mol. The highest BCUT2D eigenvalue weighted by atomic mass is 32.2. The Balaban J connectivity index is 2.60. The number of Topliss-reactive ketones (excluding diaryl/α,β-unsaturated/α-hetero) is 1. The molecule has 0 saturated heterocycles. The van der Waals surface area contributed by atoms with Crippen molar-refractivity contribution >= 4 is 29.2 Å². The van der Waals surface area contributed by atoms with E-state index >= 15 is 0 Å². The number of hydrogen-bond donors (Lipinski definition) is 1. The van der Waals surface area contributed by atoms with Gasteiger partial charge < -0.3 is 10.1 Å². The highest BCUT2D eigenvalue weighted by molar-refractivity contribution is 8.03. The van der Waals surface area contributed by atoms with Gasteiger partial charge in [0.15, 0.2) is 5.78 Å². The fourth-order valence-electron chi connectivity index (χ4n) is 3.04. The summed E-state index contributed by atoms with van der Waals surface area (Å²) in [6.07, 6.45) is 0. The monoisotopic (exact) mass is 401 g/mol. The average molecular weight is 401 g/mol. The lowest BCUT2D eigenvalue weighted by Gasteiger charge is -2.29. The van der Waals surface area contributed by atoms with Crippen LogP contribution in [0.4, 0.5) is 5.69 Å². The van der Waals surface area contributed by atoms with Crippen LogP contribution in [0.1, 0.15) is 32.3 Å². The molecule has 28 heavy (non-hydrogen) atoms. The topological polar surface area (TPSA) is 122 Å². The number of thioether (sulfide) groups is 1. The molecule has 1 aromatic rings. The van der Waals surface area contributed by atoms with Crippen LogP contribution in [0.15, 0.2) is 46.1 Å². The summed E-state index contributed by atoms with van der Waals surface area (Å²) in [6, 6.07) is 8.09. The predicted molar refractivity (Wildman–Crippen MR) is 104 cm³/mol. The smallest absolute Gasteiger partial charge is 0.316 e. The third kappa shape index (κ3) is 4.40. The molecule has 2 rings (SSSR count). The van der Waals surface area contributed by atoms with E-state index in [0.717, 1.165) is 11.8 Å². The first kappa shape index (κ1) is 21.2. The van der Waals surface area contributed by atoms with E-state index in [1.807, 2.05) is 0 Å². The Labute approximate surface area is 166 Å². The molecule has 0 bridgehead atoms. The maximum absolute atomic E-state index is 12.3. The van der Waals surface area contributed by atoms with Crippen LogP contribution < -0.4 is 5.32 Å². The van der Waals surface area contributed by atoms with Gasteiger partial charge in [-0.25, -0.2) is 0 Å². The Kier molecular flexibility index (Phi) is 6.95. The maximum atomic E-state index is 12.3. The van der Waals surface area contributed by atoms with Crippen LogP contribution >= 0.6 is 11.8 Å². The number of allylic oxidation sites excluding steroid dienone is 3. The van der Waals surface area contributed by atoms with Gasteiger partial charge in [-0.2, -0.15) is 5.26 Å². The molecule has 0 unspecified atom stereocenters. The maximum Gasteiger partial charge on any atom is 0.316 e. The van der Waals surface area contributed by atoms with Crippen LogP contribution in [0.2, 0.25) is 0 Å². The summed E-state index contributed by atoms with van der Waals surface area (Å²) in [5.74, 6) is -1.67. The molecule has 0 saturated carbocycles. The van der Waals surface area contributed by atoms with Crippen molar-refractivity contribution < 1.29 is 19.2 Å². The van der Waals surface area contributed by atoms with Gasteiger partial charge in [0, 0.05) is 22.9 Å². The van der Waals surface area contributed by atoms with Crippen molar-refractivity contribution in [2.45, 2.75) is 26.7 Å². The van der Waals surface area contributed by atoms with Crippen LogP contribution in [0.5, 0.6) is 0 Å². The second-order valence-corrected chi connectivity index (χ2v) is 6.90. The number of nitro groups is 1. The molecule has 1 aliphatic rings. The lowest BCUT2D eigenvalue weighted by Crippen LogP contribution is -2.28. The zero-order valence-electron chi connectivity index (χ0n) is 15.6. The van der Waals surface area contributed by atoms with Crippen molar-refractivity contribution in [2.75, 3.05) is 12.4 Å². The summed E-state index contributed by atoms with van der Waals surface area (Å²) in [5.41, 5.74) is 1.000. The van der Waals surface area contributed by atoms with Gasteiger partial charge in [0.25, 0.3) is 5.69 Å². The number of nitrogens with one attached hydrogen (secondary N) is 1. The fraction of sp³-hybridized carbons (Fsp3) is 0.316. The molecule has 1 aromatic carbocycles. The third-order valence-corrected chi connectivity index (χ3v) is 5.10. The van der Waals surface area contributed by atoms with Crippen LogP contribution in [-0.4, -0.2) is 29.0 Å². The Morgan fingerprint density at radius 2 is 2.07 bits per heavy atom. The number of benzene rings is 1. The quantitative estimate of drug-likeness (QED) is 0.420.